The zero-order valence-corrected chi connectivity index (χ0v) is 12.6. The maximum absolute atomic E-state index is 12.8. The summed E-state index contributed by atoms with van der Waals surface area (Å²) < 4.78 is 38.3. The Hall–Kier alpha value is -2.89. The molecule has 0 aliphatic heterocycles. The van der Waals surface area contributed by atoms with Crippen molar-refractivity contribution in [3.8, 4) is 5.75 Å². The van der Waals surface area contributed by atoms with Crippen LogP contribution < -0.4 is 10.6 Å². The normalized spacial score (nSPS) is 11.2. The van der Waals surface area contributed by atoms with Crippen LogP contribution in [0.25, 0.3) is 0 Å². The largest absolute Gasteiger partial charge is 0.502 e. The van der Waals surface area contributed by atoms with Crippen molar-refractivity contribution in [1.82, 2.24) is 0 Å². The zero-order chi connectivity index (χ0) is 19.4. The van der Waals surface area contributed by atoms with E-state index in [2.05, 4.69) is 0 Å². The monoisotopic (exact) mass is 365 g/mol. The van der Waals surface area contributed by atoms with Gasteiger partial charge in [0.1, 0.15) is 5.56 Å². The lowest BCUT2D eigenvalue weighted by atomic mass is 10.1. The number of halogens is 3. The molecule has 25 heavy (non-hydrogen) atoms. The molecule has 0 fully saturated rings. The highest BCUT2D eigenvalue weighted by atomic mass is 19.4. The van der Waals surface area contributed by atoms with Gasteiger partial charge in [-0.2, -0.15) is 13.2 Å². The second-order valence-electron chi connectivity index (χ2n) is 4.87. The summed E-state index contributed by atoms with van der Waals surface area (Å²) in [4.78, 5) is 32.6. The predicted octanol–water partition coefficient (Wildman–Crippen LogP) is 1.63. The van der Waals surface area contributed by atoms with Gasteiger partial charge in [0, 0.05) is 18.3 Å². The number of aromatic hydroxyl groups is 1. The Balaban J connectivity index is 3.46. The van der Waals surface area contributed by atoms with E-state index in [9.17, 15) is 38.0 Å². The molecule has 0 unspecified atom stereocenters. The average Bonchev–Trinajstić information content (AvgIpc) is 2.48. The number of carboxylic acid groups (broad SMARTS) is 1. The predicted molar refractivity (Wildman–Crippen MR) is 78.4 cm³/mol. The van der Waals surface area contributed by atoms with E-state index in [0.29, 0.717) is 12.1 Å². The molecule has 0 atom stereocenters. The van der Waals surface area contributed by atoms with E-state index in [0.717, 1.165) is 0 Å². The Bertz CT molecular complexity index is 692. The SMILES string of the molecule is NCCCCN(C(=O)C(F)(F)F)c1cc(O)c([N+](=O)[O-])c(C(=O)O)c1. The number of carbonyl (C=O) groups excluding carboxylic acids is 1. The van der Waals surface area contributed by atoms with Crippen molar-refractivity contribution in [1.29, 1.82) is 0 Å². The van der Waals surface area contributed by atoms with Crippen molar-refractivity contribution >= 4 is 23.3 Å². The molecule has 0 heterocycles. The number of unbranched alkanes of at least 4 members (excludes halogenated alkanes) is 1. The van der Waals surface area contributed by atoms with Crippen LogP contribution in [0.15, 0.2) is 12.1 Å². The van der Waals surface area contributed by atoms with Crippen LogP contribution in [0.4, 0.5) is 24.5 Å². The third-order valence-electron chi connectivity index (χ3n) is 3.12. The molecule has 0 aliphatic rings. The summed E-state index contributed by atoms with van der Waals surface area (Å²) in [6.45, 7) is -0.314. The van der Waals surface area contributed by atoms with Gasteiger partial charge in [-0.25, -0.2) is 4.79 Å². The molecule has 12 heteroatoms. The van der Waals surface area contributed by atoms with Gasteiger partial charge in [-0.1, -0.05) is 0 Å². The number of nitro groups is 1. The van der Waals surface area contributed by atoms with Crippen molar-refractivity contribution in [3.05, 3.63) is 27.8 Å². The van der Waals surface area contributed by atoms with Crippen molar-refractivity contribution in [2.45, 2.75) is 19.0 Å². The van der Waals surface area contributed by atoms with E-state index < -0.39 is 52.2 Å². The summed E-state index contributed by atoms with van der Waals surface area (Å²) in [5.41, 5.74) is 2.39. The average molecular weight is 365 g/mol. The number of carboxylic acids is 1. The van der Waals surface area contributed by atoms with Gasteiger partial charge in [0.25, 0.3) is 0 Å². The van der Waals surface area contributed by atoms with Crippen molar-refractivity contribution in [2.24, 2.45) is 5.73 Å². The molecule has 1 rings (SSSR count). The van der Waals surface area contributed by atoms with Crippen LogP contribution >= 0.6 is 0 Å². The number of rotatable bonds is 7. The fraction of sp³-hybridized carbons (Fsp3) is 0.385. The Morgan fingerprint density at radius 3 is 2.32 bits per heavy atom. The Morgan fingerprint density at radius 2 is 1.88 bits per heavy atom. The number of benzene rings is 1. The van der Waals surface area contributed by atoms with E-state index in [1.165, 1.54) is 0 Å². The molecule has 1 aromatic rings. The molecular formula is C13H14F3N3O6. The Kier molecular flexibility index (Phi) is 6.28. The molecule has 9 nitrogen and oxygen atoms in total. The number of amides is 1. The number of nitrogens with two attached hydrogens (primary N) is 1. The standard InChI is InChI=1S/C13H14F3N3O6/c14-13(15,16)12(23)18(4-2-1-3-17)7-5-8(11(21)22)10(19(24)25)9(20)6-7/h5-6,20H,1-4,17H2,(H,21,22). The molecule has 0 aliphatic carbocycles. The minimum atomic E-state index is -5.26. The van der Waals surface area contributed by atoms with Crippen LogP contribution in [0.3, 0.4) is 0 Å². The summed E-state index contributed by atoms with van der Waals surface area (Å²) in [6.07, 6.45) is -4.91. The van der Waals surface area contributed by atoms with Gasteiger partial charge >= 0.3 is 23.7 Å². The number of alkyl halides is 3. The van der Waals surface area contributed by atoms with E-state index in [1.807, 2.05) is 0 Å². The first kappa shape index (κ1) is 20.2. The second-order valence-corrected chi connectivity index (χ2v) is 4.87. The van der Waals surface area contributed by atoms with Gasteiger partial charge in [0.05, 0.1) is 4.92 Å². The smallest absolute Gasteiger partial charge is 0.471 e. The minimum absolute atomic E-state index is 0.0679. The number of phenolic OH excluding ortho intramolecular Hbond substituents is 1. The first-order chi connectivity index (χ1) is 11.5. The number of hydrogen-bond donors (Lipinski definition) is 3. The first-order valence-corrected chi connectivity index (χ1v) is 6.84. The number of carbonyl (C=O) groups is 2. The number of nitrogens with zero attached hydrogens (tertiary/aromatic N) is 2. The lowest BCUT2D eigenvalue weighted by Gasteiger charge is -2.24. The topological polar surface area (TPSA) is 147 Å². The van der Waals surface area contributed by atoms with Gasteiger partial charge in [-0.15, -0.1) is 0 Å². The van der Waals surface area contributed by atoms with Crippen LogP contribution in [0.2, 0.25) is 0 Å². The third kappa shape index (κ3) is 4.79. The number of nitro benzene ring substituents is 1. The summed E-state index contributed by atoms with van der Waals surface area (Å²) in [6, 6.07) is 1.07. The highest BCUT2D eigenvalue weighted by molar-refractivity contribution is 6.01. The van der Waals surface area contributed by atoms with E-state index in [1.54, 1.807) is 0 Å². The molecule has 1 aromatic carbocycles. The van der Waals surface area contributed by atoms with E-state index in [4.69, 9.17) is 10.8 Å². The number of anilines is 1. The van der Waals surface area contributed by atoms with Crippen LogP contribution in [0, 0.1) is 10.1 Å². The fourth-order valence-electron chi connectivity index (χ4n) is 2.03. The third-order valence-corrected chi connectivity index (χ3v) is 3.12. The van der Waals surface area contributed by atoms with Crippen LogP contribution in [-0.2, 0) is 4.79 Å². The van der Waals surface area contributed by atoms with Crippen molar-refractivity contribution < 1.29 is 37.9 Å². The molecule has 0 aromatic heterocycles. The molecule has 1 amide bonds. The van der Waals surface area contributed by atoms with Crippen LogP contribution in [-0.4, -0.2) is 46.3 Å². The van der Waals surface area contributed by atoms with Crippen molar-refractivity contribution in [3.63, 3.8) is 0 Å². The van der Waals surface area contributed by atoms with Gasteiger partial charge in [0.15, 0.2) is 5.75 Å². The number of phenols is 1. The lowest BCUT2D eigenvalue weighted by Crippen LogP contribution is -2.42. The van der Waals surface area contributed by atoms with E-state index >= 15 is 0 Å². The van der Waals surface area contributed by atoms with Gasteiger partial charge < -0.3 is 20.8 Å². The van der Waals surface area contributed by atoms with Gasteiger partial charge in [-0.3, -0.25) is 14.9 Å². The molecular weight excluding hydrogens is 351 g/mol. The highest BCUT2D eigenvalue weighted by Crippen LogP contribution is 2.36. The van der Waals surface area contributed by atoms with Gasteiger partial charge in [0.2, 0.25) is 0 Å². The van der Waals surface area contributed by atoms with Crippen LogP contribution in [0.5, 0.6) is 5.75 Å². The maximum atomic E-state index is 12.8. The summed E-state index contributed by atoms with van der Waals surface area (Å²) in [5, 5.41) is 29.5. The Morgan fingerprint density at radius 1 is 1.28 bits per heavy atom. The molecule has 0 bridgehead atoms. The highest BCUT2D eigenvalue weighted by Gasteiger charge is 2.43. The molecule has 138 valence electrons. The van der Waals surface area contributed by atoms with Crippen LogP contribution in [0.1, 0.15) is 23.2 Å². The molecule has 0 spiro atoms. The summed E-state index contributed by atoms with van der Waals surface area (Å²) in [5.74, 6) is -5.31. The fourth-order valence-corrected chi connectivity index (χ4v) is 2.03. The van der Waals surface area contributed by atoms with Crippen molar-refractivity contribution in [2.75, 3.05) is 18.0 Å². The van der Waals surface area contributed by atoms with Gasteiger partial charge in [-0.05, 0) is 25.5 Å². The van der Waals surface area contributed by atoms with E-state index in [-0.39, 0.29) is 24.3 Å². The maximum Gasteiger partial charge on any atom is 0.471 e. The first-order valence-electron chi connectivity index (χ1n) is 6.84. The number of aromatic carboxylic acids is 1. The molecule has 0 radical (unpaired) electrons. The molecule has 0 saturated carbocycles. The zero-order valence-electron chi connectivity index (χ0n) is 12.6. The summed E-state index contributed by atoms with van der Waals surface area (Å²) in [7, 11) is 0. The lowest BCUT2D eigenvalue weighted by molar-refractivity contribution is -0.386. The summed E-state index contributed by atoms with van der Waals surface area (Å²) >= 11 is 0. The minimum Gasteiger partial charge on any atom is -0.502 e. The quantitative estimate of drug-likeness (QED) is 0.378. The number of hydrogen-bond acceptors (Lipinski definition) is 6. The Labute approximate surface area is 138 Å². The molecule has 4 N–H and O–H groups in total. The molecule has 0 saturated heterocycles. The second kappa shape index (κ2) is 7.79.